The lowest BCUT2D eigenvalue weighted by molar-refractivity contribution is -0.137. The molecule has 0 unspecified atom stereocenters. The van der Waals surface area contributed by atoms with Gasteiger partial charge >= 0.3 is 6.18 Å². The Bertz CT molecular complexity index is 1030. The topological polar surface area (TPSA) is 73.4 Å². The van der Waals surface area contributed by atoms with Gasteiger partial charge in [-0.25, -0.2) is 4.99 Å². The maximum atomic E-state index is 13.0. The first-order chi connectivity index (χ1) is 12.2. The molecule has 0 heterocycles. The molecule has 1 N–H and O–H groups in total. The molecule has 0 atom stereocenters. The van der Waals surface area contributed by atoms with Gasteiger partial charge in [-0.05, 0) is 18.2 Å². The zero-order valence-electron chi connectivity index (χ0n) is 12.8. The second-order valence-corrected chi connectivity index (χ2v) is 5.74. The molecule has 0 spiro atoms. The fourth-order valence-electron chi connectivity index (χ4n) is 2.55. The molecule has 0 radical (unpaired) electrons. The Morgan fingerprint density at radius 3 is 2.38 bits per heavy atom. The first-order valence-corrected chi connectivity index (χ1v) is 7.55. The zero-order chi connectivity index (χ0) is 19.1. The number of nitrogens with zero attached hydrogens (tertiary/aromatic N) is 2. The molecule has 1 aliphatic carbocycles. The number of Topliss-reactive ketones (excluding diaryl/α,β-unsaturated/α-hetero) is 1. The van der Waals surface area contributed by atoms with Gasteiger partial charge in [0.15, 0.2) is 11.5 Å². The van der Waals surface area contributed by atoms with Crippen molar-refractivity contribution in [3.8, 4) is 6.07 Å². The molecule has 4 nitrogen and oxygen atoms in total. The molecule has 0 saturated carbocycles. The number of fused-ring (bicyclic) bond motifs is 1. The zero-order valence-corrected chi connectivity index (χ0v) is 13.6. The molecule has 3 rings (SSSR count). The Hall–Kier alpha value is -3.11. The van der Waals surface area contributed by atoms with E-state index in [1.54, 1.807) is 18.2 Å². The summed E-state index contributed by atoms with van der Waals surface area (Å²) in [5, 5.41) is 19.1. The maximum Gasteiger partial charge on any atom is 0.417 e. The molecule has 0 amide bonds. The van der Waals surface area contributed by atoms with Crippen LogP contribution >= 0.6 is 11.6 Å². The molecule has 8 heteroatoms. The number of benzene rings is 2. The minimum Gasteiger partial charge on any atom is -0.506 e. The summed E-state index contributed by atoms with van der Waals surface area (Å²) in [6.07, 6.45) is -4.70. The minimum atomic E-state index is -4.70. The van der Waals surface area contributed by atoms with E-state index in [1.807, 2.05) is 0 Å². The Labute approximate surface area is 150 Å². The van der Waals surface area contributed by atoms with E-state index >= 15 is 0 Å². The van der Waals surface area contributed by atoms with E-state index < -0.39 is 34.0 Å². The van der Waals surface area contributed by atoms with Crippen LogP contribution in [0.4, 0.5) is 18.9 Å². The molecule has 0 bridgehead atoms. The number of aliphatic hydroxyl groups excluding tert-OH is 1. The van der Waals surface area contributed by atoms with Crippen LogP contribution in [-0.2, 0) is 6.18 Å². The van der Waals surface area contributed by atoms with Crippen LogP contribution in [0.25, 0.3) is 5.76 Å². The van der Waals surface area contributed by atoms with E-state index in [-0.39, 0.29) is 22.4 Å². The van der Waals surface area contributed by atoms with Crippen LogP contribution in [0.1, 0.15) is 21.5 Å². The first-order valence-electron chi connectivity index (χ1n) is 7.17. The number of halogens is 4. The first kappa shape index (κ1) is 17.7. The highest BCUT2D eigenvalue weighted by Gasteiger charge is 2.34. The van der Waals surface area contributed by atoms with Gasteiger partial charge in [0.25, 0.3) is 0 Å². The van der Waals surface area contributed by atoms with Gasteiger partial charge in [-0.3, -0.25) is 4.79 Å². The third-order valence-electron chi connectivity index (χ3n) is 3.73. The number of nitriles is 1. The Kier molecular flexibility index (Phi) is 4.30. The number of hydrogen-bond donors (Lipinski definition) is 1. The van der Waals surface area contributed by atoms with E-state index in [9.17, 15) is 28.3 Å². The number of aliphatic hydroxyl groups is 1. The average Bonchev–Trinajstić information content (AvgIpc) is 2.85. The lowest BCUT2D eigenvalue weighted by Crippen LogP contribution is -2.09. The van der Waals surface area contributed by atoms with Crippen LogP contribution in [0.3, 0.4) is 0 Å². The predicted octanol–water partition coefficient (Wildman–Crippen LogP) is 5.12. The summed E-state index contributed by atoms with van der Waals surface area (Å²) >= 11 is 5.55. The number of carbonyl (C=O) groups excluding carboxylic acids is 1. The number of ketones is 1. The molecule has 2 aromatic carbocycles. The lowest BCUT2D eigenvalue weighted by atomic mass is 10.1. The van der Waals surface area contributed by atoms with Crippen molar-refractivity contribution in [2.75, 3.05) is 0 Å². The van der Waals surface area contributed by atoms with Crippen molar-refractivity contribution in [2.24, 2.45) is 4.99 Å². The molecule has 130 valence electrons. The maximum absolute atomic E-state index is 13.0. The van der Waals surface area contributed by atoms with Gasteiger partial charge in [-0.15, -0.1) is 0 Å². The van der Waals surface area contributed by atoms with Crippen molar-refractivity contribution >= 4 is 34.5 Å². The smallest absolute Gasteiger partial charge is 0.417 e. The predicted molar refractivity (Wildman–Crippen MR) is 89.5 cm³/mol. The summed E-state index contributed by atoms with van der Waals surface area (Å²) < 4.78 is 38.9. The minimum absolute atomic E-state index is 0.190. The number of rotatable bonds is 2. The van der Waals surface area contributed by atoms with Crippen LogP contribution < -0.4 is 0 Å². The molecule has 0 aromatic heterocycles. The number of hydrogen-bond acceptors (Lipinski definition) is 4. The van der Waals surface area contributed by atoms with E-state index in [2.05, 4.69) is 4.99 Å². The Morgan fingerprint density at radius 2 is 1.81 bits per heavy atom. The van der Waals surface area contributed by atoms with Crippen molar-refractivity contribution in [1.82, 2.24) is 0 Å². The summed E-state index contributed by atoms with van der Waals surface area (Å²) in [5.41, 5.74) is -1.74. The van der Waals surface area contributed by atoms with E-state index in [0.29, 0.717) is 6.07 Å². The van der Waals surface area contributed by atoms with Gasteiger partial charge in [0.1, 0.15) is 17.4 Å². The Morgan fingerprint density at radius 1 is 1.15 bits per heavy atom. The van der Waals surface area contributed by atoms with Crippen LogP contribution in [0.5, 0.6) is 0 Å². The van der Waals surface area contributed by atoms with Gasteiger partial charge in [0, 0.05) is 11.1 Å². The highest BCUT2D eigenvalue weighted by Crippen LogP contribution is 2.37. The van der Waals surface area contributed by atoms with E-state index in [4.69, 9.17) is 11.6 Å². The molecule has 2 aromatic rings. The van der Waals surface area contributed by atoms with Gasteiger partial charge in [0.2, 0.25) is 0 Å². The fraction of sp³-hybridized carbons (Fsp3) is 0.0556. The summed E-state index contributed by atoms with van der Waals surface area (Å²) in [7, 11) is 0. The standard InChI is InChI=1S/C18H8ClF3N2O2/c19-13-6-5-9(7-12(13)18(20,21)22)24-14(8-23)15-16(25)10-3-1-2-4-11(10)17(15)26/h1-7,25H. The second-order valence-electron chi connectivity index (χ2n) is 5.33. The summed E-state index contributed by atoms with van der Waals surface area (Å²) in [4.78, 5) is 16.2. The van der Waals surface area contributed by atoms with Gasteiger partial charge in [-0.2, -0.15) is 18.4 Å². The van der Waals surface area contributed by atoms with Gasteiger partial charge in [-0.1, -0.05) is 35.9 Å². The highest BCUT2D eigenvalue weighted by molar-refractivity contribution is 6.39. The highest BCUT2D eigenvalue weighted by atomic mass is 35.5. The fourth-order valence-corrected chi connectivity index (χ4v) is 2.77. The summed E-state index contributed by atoms with van der Waals surface area (Å²) in [6.45, 7) is 0. The summed E-state index contributed by atoms with van der Waals surface area (Å²) in [5.74, 6) is -1.06. The van der Waals surface area contributed by atoms with Gasteiger partial charge < -0.3 is 5.11 Å². The van der Waals surface area contributed by atoms with E-state index in [1.165, 1.54) is 18.2 Å². The molecular formula is C18H8ClF3N2O2. The summed E-state index contributed by atoms with van der Waals surface area (Å²) in [6, 6.07) is 10.7. The second kappa shape index (κ2) is 6.32. The molecule has 0 fully saturated rings. The third-order valence-corrected chi connectivity index (χ3v) is 4.06. The monoisotopic (exact) mass is 376 g/mol. The number of alkyl halides is 3. The molecule has 0 aliphatic heterocycles. The van der Waals surface area contributed by atoms with Crippen molar-refractivity contribution in [1.29, 1.82) is 5.26 Å². The molecule has 1 aliphatic rings. The number of allylic oxidation sites excluding steroid dienone is 1. The Balaban J connectivity index is 2.11. The van der Waals surface area contributed by atoms with Crippen LogP contribution in [0, 0.1) is 11.3 Å². The van der Waals surface area contributed by atoms with Crippen molar-refractivity contribution in [3.05, 3.63) is 69.8 Å². The third kappa shape index (κ3) is 2.95. The normalized spacial score (nSPS) is 14.4. The van der Waals surface area contributed by atoms with Crippen molar-refractivity contribution < 1.29 is 23.1 Å². The lowest BCUT2D eigenvalue weighted by Gasteiger charge is -2.09. The number of carbonyl (C=O) groups is 1. The quantitative estimate of drug-likeness (QED) is 0.739. The molecular weight excluding hydrogens is 369 g/mol. The largest absolute Gasteiger partial charge is 0.506 e. The van der Waals surface area contributed by atoms with Crippen LogP contribution in [0.15, 0.2) is 53.0 Å². The van der Waals surface area contributed by atoms with Crippen molar-refractivity contribution in [2.45, 2.75) is 6.18 Å². The van der Waals surface area contributed by atoms with Crippen LogP contribution in [-0.4, -0.2) is 16.6 Å². The van der Waals surface area contributed by atoms with Crippen LogP contribution in [0.2, 0.25) is 5.02 Å². The SMILES string of the molecule is N#CC(=Nc1ccc(Cl)c(C(F)(F)F)c1)C1=C(O)c2ccccc2C1=O. The van der Waals surface area contributed by atoms with Crippen molar-refractivity contribution in [3.63, 3.8) is 0 Å². The van der Waals surface area contributed by atoms with E-state index in [0.717, 1.165) is 6.07 Å². The molecule has 0 saturated heterocycles. The average molecular weight is 377 g/mol. The van der Waals surface area contributed by atoms with Gasteiger partial charge in [0.05, 0.1) is 16.3 Å². The molecule has 26 heavy (non-hydrogen) atoms. The number of aliphatic imine (C=N–C) groups is 1.